The highest BCUT2D eigenvalue weighted by Gasteiger charge is 1.95. The van der Waals surface area contributed by atoms with E-state index >= 15 is 0 Å². The number of carbonyl (C=O) groups is 2. The van der Waals surface area contributed by atoms with Gasteiger partial charge in [0, 0.05) is 6.42 Å². The van der Waals surface area contributed by atoms with Crippen LogP contribution in [-0.4, -0.2) is 22.2 Å². The Balaban J connectivity index is 0. The molecular weight excluding hydrogens is 172 g/mol. The van der Waals surface area contributed by atoms with Gasteiger partial charge >= 0.3 is 6.16 Å². The molecule has 0 aromatic rings. The number of carboxylic acid groups (broad SMARTS) is 2. The van der Waals surface area contributed by atoms with Crippen molar-refractivity contribution in [3.8, 4) is 0 Å². The Kier molecular flexibility index (Phi) is 10.0. The van der Waals surface area contributed by atoms with Crippen molar-refractivity contribution < 1.29 is 19.8 Å². The van der Waals surface area contributed by atoms with E-state index in [0.717, 1.165) is 18.8 Å². The quantitative estimate of drug-likeness (QED) is 0.714. The fourth-order valence-electron chi connectivity index (χ4n) is 0.759. The lowest BCUT2D eigenvalue weighted by Gasteiger charge is -2.00. The van der Waals surface area contributed by atoms with Gasteiger partial charge in [0.05, 0.1) is 0 Å². The fourth-order valence-corrected chi connectivity index (χ4v) is 0.759. The molecule has 2 N–H and O–H groups in total. The summed E-state index contributed by atoms with van der Waals surface area (Å²) < 4.78 is 0. The molecule has 78 valence electrons. The van der Waals surface area contributed by atoms with Gasteiger partial charge in [-0.2, -0.15) is 0 Å². The summed E-state index contributed by atoms with van der Waals surface area (Å²) in [5.74, 6) is 1.06. The minimum Gasteiger partial charge on any atom is -0.450 e. The van der Waals surface area contributed by atoms with Gasteiger partial charge in [-0.3, -0.25) is 0 Å². The van der Waals surface area contributed by atoms with E-state index in [1.165, 1.54) is 6.42 Å². The summed E-state index contributed by atoms with van der Waals surface area (Å²) in [5, 5.41) is 13.9. The summed E-state index contributed by atoms with van der Waals surface area (Å²) in [6, 6.07) is 0. The van der Waals surface area contributed by atoms with E-state index in [1.807, 2.05) is 0 Å². The van der Waals surface area contributed by atoms with Gasteiger partial charge < -0.3 is 15.0 Å². The van der Waals surface area contributed by atoms with E-state index in [2.05, 4.69) is 13.8 Å². The van der Waals surface area contributed by atoms with Gasteiger partial charge in [0.15, 0.2) is 0 Å². The second-order valence-electron chi connectivity index (χ2n) is 3.27. The first-order chi connectivity index (χ1) is 5.86. The van der Waals surface area contributed by atoms with Crippen molar-refractivity contribution in [1.82, 2.24) is 0 Å². The molecule has 0 aromatic heterocycles. The average molecular weight is 190 g/mol. The summed E-state index contributed by atoms with van der Waals surface area (Å²) in [4.78, 5) is 19.0. The molecule has 0 amide bonds. The molecule has 4 nitrogen and oxygen atoms in total. The smallest absolute Gasteiger partial charge is 0.450 e. The molecule has 0 aromatic carbocycles. The van der Waals surface area contributed by atoms with Crippen LogP contribution in [-0.2, 0) is 4.79 Å². The van der Waals surface area contributed by atoms with Gasteiger partial charge in [0.25, 0.3) is 0 Å². The van der Waals surface area contributed by atoms with E-state index in [9.17, 15) is 4.79 Å². The third kappa shape index (κ3) is 35.8. The zero-order chi connectivity index (χ0) is 10.9. The van der Waals surface area contributed by atoms with Crippen LogP contribution in [0.3, 0.4) is 0 Å². The van der Waals surface area contributed by atoms with Gasteiger partial charge in [-0.25, -0.2) is 4.79 Å². The molecule has 0 saturated carbocycles. The lowest BCUT2D eigenvalue weighted by atomic mass is 10.1. The van der Waals surface area contributed by atoms with Gasteiger partial charge in [-0.1, -0.05) is 20.3 Å². The Morgan fingerprint density at radius 3 is 1.85 bits per heavy atom. The van der Waals surface area contributed by atoms with E-state index in [-0.39, 0.29) is 0 Å². The summed E-state index contributed by atoms with van der Waals surface area (Å²) in [5.41, 5.74) is 0. The normalized spacial score (nSPS) is 8.92. The van der Waals surface area contributed by atoms with Crippen LogP contribution in [0.25, 0.3) is 0 Å². The molecule has 0 aliphatic carbocycles. The number of hydrogen-bond donors (Lipinski definition) is 2. The average Bonchev–Trinajstić information content (AvgIpc) is 1.83. The molecule has 0 heterocycles. The lowest BCUT2D eigenvalue weighted by Crippen LogP contribution is -1.92. The van der Waals surface area contributed by atoms with Crippen molar-refractivity contribution in [2.24, 2.45) is 5.92 Å². The van der Waals surface area contributed by atoms with E-state index in [1.54, 1.807) is 6.92 Å². The van der Waals surface area contributed by atoms with Crippen molar-refractivity contribution in [1.29, 1.82) is 0 Å². The van der Waals surface area contributed by atoms with Gasteiger partial charge in [0.2, 0.25) is 0 Å². The Morgan fingerprint density at radius 1 is 1.23 bits per heavy atom. The van der Waals surface area contributed by atoms with Crippen LogP contribution in [0.2, 0.25) is 0 Å². The maximum Gasteiger partial charge on any atom is 0.503 e. The third-order valence-electron chi connectivity index (χ3n) is 1.31. The summed E-state index contributed by atoms with van der Waals surface area (Å²) in [7, 11) is 0. The molecule has 0 fully saturated rings. The van der Waals surface area contributed by atoms with E-state index < -0.39 is 6.16 Å². The fraction of sp³-hybridized carbons (Fsp3) is 0.778. The molecule has 0 unspecified atom stereocenters. The first kappa shape index (κ1) is 14.5. The number of ketones is 1. The maximum atomic E-state index is 10.4. The topological polar surface area (TPSA) is 74.6 Å². The Bertz CT molecular complexity index is 148. The highest BCUT2D eigenvalue weighted by molar-refractivity contribution is 5.75. The van der Waals surface area contributed by atoms with Crippen LogP contribution in [0.1, 0.15) is 40.0 Å². The molecule has 0 rings (SSSR count). The first-order valence-corrected chi connectivity index (χ1v) is 4.27. The Morgan fingerprint density at radius 2 is 1.62 bits per heavy atom. The number of hydrogen-bond acceptors (Lipinski definition) is 2. The molecule has 0 saturated heterocycles. The van der Waals surface area contributed by atoms with E-state index in [4.69, 9.17) is 15.0 Å². The van der Waals surface area contributed by atoms with Gasteiger partial charge in [-0.15, -0.1) is 0 Å². The molecule has 0 aliphatic heterocycles. The predicted octanol–water partition coefficient (Wildman–Crippen LogP) is 2.62. The molecule has 0 atom stereocenters. The summed E-state index contributed by atoms with van der Waals surface area (Å²) in [6.45, 7) is 6.01. The molecule has 0 spiro atoms. The van der Waals surface area contributed by atoms with Crippen LogP contribution in [0.4, 0.5) is 4.79 Å². The number of rotatable bonds is 4. The molecule has 0 bridgehead atoms. The van der Waals surface area contributed by atoms with Crippen molar-refractivity contribution in [3.63, 3.8) is 0 Å². The van der Waals surface area contributed by atoms with Crippen LogP contribution < -0.4 is 0 Å². The SMILES string of the molecule is CC(=O)CCCC(C)C.O=C(O)O. The van der Waals surface area contributed by atoms with Crippen molar-refractivity contribution in [2.45, 2.75) is 40.0 Å². The number of carbonyl (C=O) groups excluding carboxylic acids is 1. The first-order valence-electron chi connectivity index (χ1n) is 4.27. The zero-order valence-corrected chi connectivity index (χ0v) is 8.41. The van der Waals surface area contributed by atoms with Crippen LogP contribution in [0.5, 0.6) is 0 Å². The van der Waals surface area contributed by atoms with Crippen LogP contribution in [0, 0.1) is 5.92 Å². The standard InChI is InChI=1S/C8H16O.CH2O3/c1-7(2)5-4-6-8(3)9;2-1(3)4/h7H,4-6H2,1-3H3;(H2,2,3,4). The van der Waals surface area contributed by atoms with Crippen molar-refractivity contribution >= 4 is 11.9 Å². The summed E-state index contributed by atoms with van der Waals surface area (Å²) in [6.07, 6.45) is 1.17. The second-order valence-corrected chi connectivity index (χ2v) is 3.27. The second kappa shape index (κ2) is 9.03. The molecule has 4 heteroatoms. The maximum absolute atomic E-state index is 10.4. The Labute approximate surface area is 78.6 Å². The monoisotopic (exact) mass is 190 g/mol. The Hall–Kier alpha value is -1.06. The van der Waals surface area contributed by atoms with Crippen molar-refractivity contribution in [3.05, 3.63) is 0 Å². The molecule has 13 heavy (non-hydrogen) atoms. The minimum atomic E-state index is -1.83. The highest BCUT2D eigenvalue weighted by Crippen LogP contribution is 2.05. The molecule has 0 aliphatic rings. The van der Waals surface area contributed by atoms with Crippen LogP contribution >= 0.6 is 0 Å². The van der Waals surface area contributed by atoms with E-state index in [0.29, 0.717) is 5.78 Å². The van der Waals surface area contributed by atoms with Crippen LogP contribution in [0.15, 0.2) is 0 Å². The molecule has 0 radical (unpaired) electrons. The van der Waals surface area contributed by atoms with Gasteiger partial charge in [-0.05, 0) is 19.3 Å². The largest absolute Gasteiger partial charge is 0.503 e. The third-order valence-corrected chi connectivity index (χ3v) is 1.31. The molecular formula is C9H18O4. The van der Waals surface area contributed by atoms with Crippen molar-refractivity contribution in [2.75, 3.05) is 0 Å². The highest BCUT2D eigenvalue weighted by atomic mass is 16.6. The lowest BCUT2D eigenvalue weighted by molar-refractivity contribution is -0.117. The summed E-state index contributed by atoms with van der Waals surface area (Å²) >= 11 is 0. The minimum absolute atomic E-state index is 0.315. The predicted molar refractivity (Wildman–Crippen MR) is 50.0 cm³/mol. The van der Waals surface area contributed by atoms with Gasteiger partial charge in [0.1, 0.15) is 5.78 Å². The number of Topliss-reactive ketones (excluding diaryl/α,β-unsaturated/α-hetero) is 1. The zero-order valence-electron chi connectivity index (χ0n) is 8.41.